The fourth-order valence-electron chi connectivity index (χ4n) is 1.95. The summed E-state index contributed by atoms with van der Waals surface area (Å²) in [7, 11) is 0. The van der Waals surface area contributed by atoms with Crippen LogP contribution in [0.25, 0.3) is 0 Å². The number of nitrogens with one attached hydrogen (secondary N) is 1. The molecule has 0 aromatic heterocycles. The average molecular weight is 273 g/mol. The van der Waals surface area contributed by atoms with E-state index >= 15 is 0 Å². The van der Waals surface area contributed by atoms with Crippen molar-refractivity contribution in [1.29, 1.82) is 0 Å². The van der Waals surface area contributed by atoms with Gasteiger partial charge in [0.25, 0.3) is 0 Å². The molecule has 1 atom stereocenters. The topological polar surface area (TPSA) is 12.0 Å². The maximum atomic E-state index is 12.4. The van der Waals surface area contributed by atoms with Crippen LogP contribution in [-0.4, -0.2) is 6.54 Å². The Morgan fingerprint density at radius 3 is 2.21 bits per heavy atom. The van der Waals surface area contributed by atoms with E-state index in [-0.39, 0.29) is 6.04 Å². The second kappa shape index (κ2) is 7.53. The molecular formula is C15H22F3N. The van der Waals surface area contributed by atoms with Crippen molar-refractivity contribution in [3.63, 3.8) is 0 Å². The molecule has 0 bridgehead atoms. The van der Waals surface area contributed by atoms with Crippen LogP contribution in [0.1, 0.15) is 56.7 Å². The van der Waals surface area contributed by atoms with E-state index in [2.05, 4.69) is 12.2 Å². The first-order valence-electron chi connectivity index (χ1n) is 6.85. The van der Waals surface area contributed by atoms with Gasteiger partial charge in [0, 0.05) is 6.04 Å². The van der Waals surface area contributed by atoms with Gasteiger partial charge in [-0.3, -0.25) is 0 Å². The Morgan fingerprint density at radius 2 is 1.68 bits per heavy atom. The highest BCUT2D eigenvalue weighted by atomic mass is 19.4. The number of rotatable bonds is 7. The van der Waals surface area contributed by atoms with Gasteiger partial charge in [-0.1, -0.05) is 38.3 Å². The summed E-state index contributed by atoms with van der Waals surface area (Å²) >= 11 is 0. The molecule has 0 radical (unpaired) electrons. The molecule has 0 saturated heterocycles. The van der Waals surface area contributed by atoms with Crippen LogP contribution in [-0.2, 0) is 6.18 Å². The molecule has 1 aromatic rings. The molecule has 0 fully saturated rings. The van der Waals surface area contributed by atoms with Gasteiger partial charge in [0.2, 0.25) is 0 Å². The number of hydrogen-bond acceptors (Lipinski definition) is 1. The zero-order valence-corrected chi connectivity index (χ0v) is 11.6. The highest BCUT2D eigenvalue weighted by Crippen LogP contribution is 2.29. The maximum Gasteiger partial charge on any atom is 0.416 e. The van der Waals surface area contributed by atoms with Gasteiger partial charge in [-0.15, -0.1) is 0 Å². The largest absolute Gasteiger partial charge is 0.416 e. The lowest BCUT2D eigenvalue weighted by molar-refractivity contribution is -0.137. The first kappa shape index (κ1) is 16.0. The lowest BCUT2D eigenvalue weighted by Gasteiger charge is -2.15. The lowest BCUT2D eigenvalue weighted by Crippen LogP contribution is -2.20. The van der Waals surface area contributed by atoms with Crippen LogP contribution in [0.15, 0.2) is 24.3 Å². The molecule has 19 heavy (non-hydrogen) atoms. The molecule has 1 aromatic carbocycles. The number of halogens is 3. The van der Waals surface area contributed by atoms with E-state index in [9.17, 15) is 13.2 Å². The Hall–Kier alpha value is -1.03. The predicted molar refractivity (Wildman–Crippen MR) is 72.0 cm³/mol. The summed E-state index contributed by atoms with van der Waals surface area (Å²) in [6, 6.07) is 5.47. The summed E-state index contributed by atoms with van der Waals surface area (Å²) in [5, 5.41) is 3.33. The van der Waals surface area contributed by atoms with Gasteiger partial charge >= 0.3 is 6.18 Å². The van der Waals surface area contributed by atoms with E-state index in [0.717, 1.165) is 30.7 Å². The first-order chi connectivity index (χ1) is 8.95. The maximum absolute atomic E-state index is 12.4. The van der Waals surface area contributed by atoms with Gasteiger partial charge in [-0.05, 0) is 37.6 Å². The van der Waals surface area contributed by atoms with Crippen LogP contribution in [0, 0.1) is 0 Å². The molecule has 0 saturated carbocycles. The van der Waals surface area contributed by atoms with Gasteiger partial charge < -0.3 is 5.32 Å². The normalized spacial score (nSPS) is 13.5. The Kier molecular flexibility index (Phi) is 6.35. The molecule has 0 aliphatic rings. The average Bonchev–Trinajstić information content (AvgIpc) is 2.37. The SMILES string of the molecule is CCCCCCNC(C)c1ccc(C(F)(F)F)cc1. The Bertz CT molecular complexity index is 357. The Balaban J connectivity index is 2.42. The van der Waals surface area contributed by atoms with Crippen LogP contribution in [0.5, 0.6) is 0 Å². The van der Waals surface area contributed by atoms with Crippen molar-refractivity contribution in [3.8, 4) is 0 Å². The molecule has 0 amide bonds. The van der Waals surface area contributed by atoms with Gasteiger partial charge in [0.1, 0.15) is 0 Å². The number of hydrogen-bond donors (Lipinski definition) is 1. The van der Waals surface area contributed by atoms with Crippen LogP contribution >= 0.6 is 0 Å². The third-order valence-electron chi connectivity index (χ3n) is 3.22. The minimum atomic E-state index is -4.25. The van der Waals surface area contributed by atoms with Crippen molar-refractivity contribution >= 4 is 0 Å². The second-order valence-corrected chi connectivity index (χ2v) is 4.86. The molecule has 0 spiro atoms. The summed E-state index contributed by atoms with van der Waals surface area (Å²) in [5.74, 6) is 0. The van der Waals surface area contributed by atoms with Crippen molar-refractivity contribution in [3.05, 3.63) is 35.4 Å². The number of benzene rings is 1. The van der Waals surface area contributed by atoms with Crippen LogP contribution < -0.4 is 5.32 Å². The molecule has 1 N–H and O–H groups in total. The molecule has 1 rings (SSSR count). The van der Waals surface area contributed by atoms with Crippen LogP contribution in [0.2, 0.25) is 0 Å². The van der Waals surface area contributed by atoms with Crippen molar-refractivity contribution in [2.24, 2.45) is 0 Å². The smallest absolute Gasteiger partial charge is 0.310 e. The summed E-state index contributed by atoms with van der Waals surface area (Å²) in [4.78, 5) is 0. The summed E-state index contributed by atoms with van der Waals surface area (Å²) < 4.78 is 37.3. The van der Waals surface area contributed by atoms with Gasteiger partial charge in [-0.25, -0.2) is 0 Å². The van der Waals surface area contributed by atoms with Crippen LogP contribution in [0.3, 0.4) is 0 Å². The van der Waals surface area contributed by atoms with E-state index in [1.807, 2.05) is 6.92 Å². The zero-order chi connectivity index (χ0) is 14.3. The van der Waals surface area contributed by atoms with Crippen molar-refractivity contribution in [2.45, 2.75) is 51.7 Å². The third-order valence-corrected chi connectivity index (χ3v) is 3.22. The van der Waals surface area contributed by atoms with Gasteiger partial charge in [0.15, 0.2) is 0 Å². The van der Waals surface area contributed by atoms with E-state index < -0.39 is 11.7 Å². The number of alkyl halides is 3. The molecule has 0 aliphatic carbocycles. The van der Waals surface area contributed by atoms with E-state index in [1.54, 1.807) is 12.1 Å². The molecule has 4 heteroatoms. The van der Waals surface area contributed by atoms with Crippen molar-refractivity contribution in [2.75, 3.05) is 6.54 Å². The molecular weight excluding hydrogens is 251 g/mol. The monoisotopic (exact) mass is 273 g/mol. The van der Waals surface area contributed by atoms with Crippen molar-refractivity contribution < 1.29 is 13.2 Å². The Morgan fingerprint density at radius 1 is 1.05 bits per heavy atom. The summed E-state index contributed by atoms with van der Waals surface area (Å²) in [6.07, 6.45) is 0.488. The van der Waals surface area contributed by atoms with E-state index in [1.165, 1.54) is 19.3 Å². The fourth-order valence-corrected chi connectivity index (χ4v) is 1.95. The highest BCUT2D eigenvalue weighted by molar-refractivity contribution is 5.26. The zero-order valence-electron chi connectivity index (χ0n) is 11.6. The molecule has 1 unspecified atom stereocenters. The van der Waals surface area contributed by atoms with E-state index in [0.29, 0.717) is 0 Å². The molecule has 1 nitrogen and oxygen atoms in total. The summed E-state index contributed by atoms with van der Waals surface area (Å²) in [5.41, 5.74) is 0.301. The molecule has 0 aliphatic heterocycles. The number of unbranched alkanes of at least 4 members (excludes halogenated alkanes) is 3. The Labute approximate surface area is 113 Å². The minimum Gasteiger partial charge on any atom is -0.310 e. The molecule has 108 valence electrons. The highest BCUT2D eigenvalue weighted by Gasteiger charge is 2.30. The van der Waals surface area contributed by atoms with E-state index in [4.69, 9.17) is 0 Å². The predicted octanol–water partition coefficient (Wildman–Crippen LogP) is 4.94. The summed E-state index contributed by atoms with van der Waals surface area (Å²) in [6.45, 7) is 5.04. The van der Waals surface area contributed by atoms with Gasteiger partial charge in [-0.2, -0.15) is 13.2 Å². The lowest BCUT2D eigenvalue weighted by atomic mass is 10.1. The van der Waals surface area contributed by atoms with Crippen molar-refractivity contribution in [1.82, 2.24) is 5.32 Å². The first-order valence-corrected chi connectivity index (χ1v) is 6.85. The standard InChI is InChI=1S/C15H22F3N/c1-3-4-5-6-11-19-12(2)13-7-9-14(10-8-13)15(16,17)18/h7-10,12,19H,3-6,11H2,1-2H3. The van der Waals surface area contributed by atoms with Gasteiger partial charge in [0.05, 0.1) is 5.56 Å². The molecule has 0 heterocycles. The van der Waals surface area contributed by atoms with Crippen LogP contribution in [0.4, 0.5) is 13.2 Å². The third kappa shape index (κ3) is 5.64. The fraction of sp³-hybridized carbons (Fsp3) is 0.600. The minimum absolute atomic E-state index is 0.0870. The second-order valence-electron chi connectivity index (χ2n) is 4.86. The quantitative estimate of drug-likeness (QED) is 0.694.